The topological polar surface area (TPSA) is 32.3 Å². The molecule has 0 bridgehead atoms. The SMILES string of the molecule is CCCCC1NC(C(C)C)N(C2CCCC(C)CC2)C1=O. The van der Waals surface area contributed by atoms with E-state index in [2.05, 4.69) is 37.9 Å². The molecule has 4 atom stereocenters. The van der Waals surface area contributed by atoms with E-state index in [-0.39, 0.29) is 12.2 Å². The van der Waals surface area contributed by atoms with E-state index in [1.54, 1.807) is 0 Å². The molecule has 2 fully saturated rings. The Morgan fingerprint density at radius 1 is 1.24 bits per heavy atom. The molecule has 1 N–H and O–H groups in total. The molecule has 0 aromatic heterocycles. The lowest BCUT2D eigenvalue weighted by molar-refractivity contribution is -0.133. The van der Waals surface area contributed by atoms with Gasteiger partial charge in [-0.3, -0.25) is 10.1 Å². The molecule has 3 heteroatoms. The Kier molecular flexibility index (Phi) is 6.09. The van der Waals surface area contributed by atoms with Crippen LogP contribution in [-0.4, -0.2) is 29.1 Å². The third kappa shape index (κ3) is 4.00. The van der Waals surface area contributed by atoms with Crippen LogP contribution in [0.3, 0.4) is 0 Å². The molecule has 0 aromatic carbocycles. The van der Waals surface area contributed by atoms with Crippen molar-refractivity contribution in [2.24, 2.45) is 11.8 Å². The van der Waals surface area contributed by atoms with Crippen LogP contribution in [0.25, 0.3) is 0 Å². The summed E-state index contributed by atoms with van der Waals surface area (Å²) in [5.41, 5.74) is 0. The molecule has 21 heavy (non-hydrogen) atoms. The zero-order valence-electron chi connectivity index (χ0n) is 14.4. The average Bonchev–Trinajstić information content (AvgIpc) is 2.62. The molecular weight excluding hydrogens is 260 g/mol. The van der Waals surface area contributed by atoms with Gasteiger partial charge in [0.25, 0.3) is 0 Å². The molecular formula is C18H34N2O. The summed E-state index contributed by atoms with van der Waals surface area (Å²) < 4.78 is 0. The first-order valence-corrected chi connectivity index (χ1v) is 9.12. The van der Waals surface area contributed by atoms with Gasteiger partial charge in [-0.1, -0.05) is 53.4 Å². The van der Waals surface area contributed by atoms with Crippen LogP contribution in [0, 0.1) is 11.8 Å². The fraction of sp³-hybridized carbons (Fsp3) is 0.944. The average molecular weight is 294 g/mol. The largest absolute Gasteiger partial charge is 0.323 e. The Balaban J connectivity index is 2.08. The summed E-state index contributed by atoms with van der Waals surface area (Å²) in [6, 6.07) is 0.534. The summed E-state index contributed by atoms with van der Waals surface area (Å²) in [6.45, 7) is 9.03. The van der Waals surface area contributed by atoms with Crippen molar-refractivity contribution >= 4 is 5.91 Å². The van der Waals surface area contributed by atoms with Crippen molar-refractivity contribution in [3.63, 3.8) is 0 Å². The maximum absolute atomic E-state index is 12.9. The lowest BCUT2D eigenvalue weighted by atomic mass is 10.0. The van der Waals surface area contributed by atoms with Crippen molar-refractivity contribution in [2.75, 3.05) is 0 Å². The fourth-order valence-electron chi connectivity index (χ4n) is 3.96. The molecule has 3 nitrogen and oxygen atoms in total. The van der Waals surface area contributed by atoms with Crippen molar-refractivity contribution in [2.45, 2.75) is 97.3 Å². The highest BCUT2D eigenvalue weighted by Crippen LogP contribution is 2.31. The van der Waals surface area contributed by atoms with Crippen molar-refractivity contribution in [3.8, 4) is 0 Å². The highest BCUT2D eigenvalue weighted by atomic mass is 16.2. The number of amides is 1. The summed E-state index contributed by atoms with van der Waals surface area (Å²) in [7, 11) is 0. The second kappa shape index (κ2) is 7.62. The van der Waals surface area contributed by atoms with Gasteiger partial charge >= 0.3 is 0 Å². The van der Waals surface area contributed by atoms with E-state index in [0.29, 0.717) is 17.9 Å². The van der Waals surface area contributed by atoms with Crippen molar-refractivity contribution < 1.29 is 4.79 Å². The van der Waals surface area contributed by atoms with Crippen LogP contribution in [0.2, 0.25) is 0 Å². The summed E-state index contributed by atoms with van der Waals surface area (Å²) in [6.07, 6.45) is 9.83. The number of carbonyl (C=O) groups is 1. The minimum Gasteiger partial charge on any atom is -0.323 e. The van der Waals surface area contributed by atoms with Gasteiger partial charge in [-0.15, -0.1) is 0 Å². The third-order valence-electron chi connectivity index (χ3n) is 5.32. The minimum atomic E-state index is 0.0676. The zero-order chi connectivity index (χ0) is 15.4. The maximum Gasteiger partial charge on any atom is 0.241 e. The van der Waals surface area contributed by atoms with Crippen molar-refractivity contribution in [3.05, 3.63) is 0 Å². The first-order valence-electron chi connectivity index (χ1n) is 9.12. The van der Waals surface area contributed by atoms with Gasteiger partial charge in [-0.25, -0.2) is 0 Å². The Labute approximate surface area is 130 Å². The fourth-order valence-corrected chi connectivity index (χ4v) is 3.96. The number of carbonyl (C=O) groups excluding carboxylic acids is 1. The van der Waals surface area contributed by atoms with Crippen molar-refractivity contribution in [1.82, 2.24) is 10.2 Å². The van der Waals surface area contributed by atoms with Crippen LogP contribution in [-0.2, 0) is 4.79 Å². The maximum atomic E-state index is 12.9. The standard InChI is InChI=1S/C18H34N2O/c1-5-6-10-16-18(21)20(17(19-16)13(2)3)15-9-7-8-14(4)11-12-15/h13-17,19H,5-12H2,1-4H3. The summed E-state index contributed by atoms with van der Waals surface area (Å²) >= 11 is 0. The minimum absolute atomic E-state index is 0.0676. The predicted molar refractivity (Wildman–Crippen MR) is 88.0 cm³/mol. The molecule has 4 unspecified atom stereocenters. The van der Waals surface area contributed by atoms with E-state index in [1.165, 1.54) is 38.5 Å². The second-order valence-electron chi connectivity index (χ2n) is 7.56. The Morgan fingerprint density at radius 2 is 2.00 bits per heavy atom. The number of hydrogen-bond donors (Lipinski definition) is 1. The molecule has 2 rings (SSSR count). The molecule has 2 aliphatic rings. The molecule has 1 aliphatic carbocycles. The molecule has 1 aliphatic heterocycles. The second-order valence-corrected chi connectivity index (χ2v) is 7.56. The molecule has 0 spiro atoms. The number of hydrogen-bond acceptors (Lipinski definition) is 2. The van der Waals surface area contributed by atoms with E-state index >= 15 is 0 Å². The Bertz CT molecular complexity index is 342. The van der Waals surface area contributed by atoms with Crippen LogP contribution in [0.1, 0.15) is 79.1 Å². The smallest absolute Gasteiger partial charge is 0.241 e. The molecule has 0 aromatic rings. The first kappa shape index (κ1) is 16.8. The highest BCUT2D eigenvalue weighted by Gasteiger charge is 2.43. The quantitative estimate of drug-likeness (QED) is 0.779. The van der Waals surface area contributed by atoms with Crippen LogP contribution in [0.5, 0.6) is 0 Å². The molecule has 122 valence electrons. The normalized spacial score (nSPS) is 34.5. The van der Waals surface area contributed by atoms with Crippen LogP contribution in [0.4, 0.5) is 0 Å². The lowest BCUT2D eigenvalue weighted by Crippen LogP contribution is -2.47. The number of unbranched alkanes of at least 4 members (excludes halogenated alkanes) is 1. The monoisotopic (exact) mass is 294 g/mol. The van der Waals surface area contributed by atoms with Gasteiger partial charge in [-0.05, 0) is 37.5 Å². The molecule has 1 amide bonds. The van der Waals surface area contributed by atoms with E-state index in [9.17, 15) is 4.79 Å². The lowest BCUT2D eigenvalue weighted by Gasteiger charge is -2.34. The molecule has 1 saturated carbocycles. The van der Waals surface area contributed by atoms with Gasteiger partial charge in [0.2, 0.25) is 5.91 Å². The van der Waals surface area contributed by atoms with Gasteiger partial charge in [0.1, 0.15) is 0 Å². The van der Waals surface area contributed by atoms with Gasteiger partial charge < -0.3 is 4.90 Å². The van der Waals surface area contributed by atoms with Crippen LogP contribution >= 0.6 is 0 Å². The summed E-state index contributed by atoms with van der Waals surface area (Å²) in [5, 5.41) is 3.63. The van der Waals surface area contributed by atoms with E-state index in [1.807, 2.05) is 0 Å². The third-order valence-corrected chi connectivity index (χ3v) is 5.32. The molecule has 0 radical (unpaired) electrons. The van der Waals surface area contributed by atoms with E-state index < -0.39 is 0 Å². The van der Waals surface area contributed by atoms with Gasteiger partial charge in [-0.2, -0.15) is 0 Å². The van der Waals surface area contributed by atoms with Gasteiger partial charge in [0.15, 0.2) is 0 Å². The van der Waals surface area contributed by atoms with Crippen LogP contribution < -0.4 is 5.32 Å². The van der Waals surface area contributed by atoms with E-state index in [0.717, 1.165) is 18.8 Å². The summed E-state index contributed by atoms with van der Waals surface area (Å²) in [4.78, 5) is 15.1. The van der Waals surface area contributed by atoms with E-state index in [4.69, 9.17) is 0 Å². The highest BCUT2D eigenvalue weighted by molar-refractivity contribution is 5.84. The van der Waals surface area contributed by atoms with Crippen LogP contribution in [0.15, 0.2) is 0 Å². The Hall–Kier alpha value is -0.570. The number of nitrogens with zero attached hydrogens (tertiary/aromatic N) is 1. The predicted octanol–water partition coefficient (Wildman–Crippen LogP) is 3.93. The van der Waals surface area contributed by atoms with Gasteiger partial charge in [0.05, 0.1) is 12.2 Å². The van der Waals surface area contributed by atoms with Gasteiger partial charge in [0, 0.05) is 6.04 Å². The number of nitrogens with one attached hydrogen (secondary N) is 1. The number of rotatable bonds is 5. The van der Waals surface area contributed by atoms with Crippen molar-refractivity contribution in [1.29, 1.82) is 0 Å². The molecule has 1 saturated heterocycles. The molecule has 1 heterocycles. The summed E-state index contributed by atoms with van der Waals surface area (Å²) in [5.74, 6) is 1.69. The zero-order valence-corrected chi connectivity index (χ0v) is 14.4. The Morgan fingerprint density at radius 3 is 2.67 bits per heavy atom. The first-order chi connectivity index (χ1) is 10.0.